The van der Waals surface area contributed by atoms with Crippen LogP contribution in [0.4, 0.5) is 5.82 Å². The molecule has 1 unspecified atom stereocenters. The van der Waals surface area contributed by atoms with E-state index in [0.29, 0.717) is 34.7 Å². The molecule has 2 aliphatic rings. The van der Waals surface area contributed by atoms with Crippen molar-refractivity contribution in [2.24, 2.45) is 0 Å². The minimum absolute atomic E-state index is 0.118. The summed E-state index contributed by atoms with van der Waals surface area (Å²) in [6.45, 7) is 1.74. The number of hydrogen-bond donors (Lipinski definition) is 2. The van der Waals surface area contributed by atoms with Crippen molar-refractivity contribution in [3.05, 3.63) is 42.1 Å². The lowest BCUT2D eigenvalue weighted by atomic mass is 9.98. The van der Waals surface area contributed by atoms with E-state index in [0.717, 1.165) is 35.1 Å². The van der Waals surface area contributed by atoms with E-state index in [1.54, 1.807) is 25.4 Å². The first kappa shape index (κ1) is 19.7. The Hall–Kier alpha value is -3.96. The van der Waals surface area contributed by atoms with Crippen molar-refractivity contribution >= 4 is 27.6 Å². The zero-order valence-corrected chi connectivity index (χ0v) is 18.1. The maximum atomic E-state index is 10.3. The van der Waals surface area contributed by atoms with E-state index in [2.05, 4.69) is 31.1 Å². The second-order valence-corrected chi connectivity index (χ2v) is 8.55. The molecular formula is C25H22N6O2. The molecule has 2 saturated heterocycles. The number of aromatic nitrogens is 4. The molecule has 2 bridgehead atoms. The number of piperazine rings is 1. The molecule has 2 aliphatic heterocycles. The number of phenolic OH excluding ortho intramolecular Hbond substituents is 1. The molecule has 4 aromatic rings. The van der Waals surface area contributed by atoms with E-state index in [1.165, 1.54) is 12.8 Å². The highest BCUT2D eigenvalue weighted by Gasteiger charge is 2.34. The Morgan fingerprint density at radius 1 is 1.15 bits per heavy atom. The lowest BCUT2D eigenvalue weighted by Crippen LogP contribution is -2.51. The molecule has 4 heterocycles. The van der Waals surface area contributed by atoms with Crippen molar-refractivity contribution in [2.45, 2.75) is 24.9 Å². The summed E-state index contributed by atoms with van der Waals surface area (Å²) in [7, 11) is 1.55. The molecule has 8 nitrogen and oxygen atoms in total. The average Bonchev–Trinajstić information content (AvgIpc) is 3.18. The Morgan fingerprint density at radius 3 is 2.73 bits per heavy atom. The Kier molecular flexibility index (Phi) is 4.52. The number of ether oxygens (including phenoxy) is 1. The second-order valence-electron chi connectivity index (χ2n) is 8.55. The number of aromatic hydroxyl groups is 1. The largest absolute Gasteiger partial charge is 0.508 e. The average molecular weight is 438 g/mol. The van der Waals surface area contributed by atoms with Crippen molar-refractivity contribution in [3.63, 3.8) is 0 Å². The van der Waals surface area contributed by atoms with Gasteiger partial charge < -0.3 is 20.1 Å². The van der Waals surface area contributed by atoms with Crippen LogP contribution in [0.15, 0.2) is 36.5 Å². The summed E-state index contributed by atoms with van der Waals surface area (Å²) in [5.41, 5.74) is 1.85. The molecule has 0 amide bonds. The van der Waals surface area contributed by atoms with Gasteiger partial charge in [0, 0.05) is 47.9 Å². The number of terminal acetylenes is 1. The zero-order valence-electron chi connectivity index (χ0n) is 18.1. The van der Waals surface area contributed by atoms with Gasteiger partial charge in [-0.15, -0.1) is 6.42 Å². The van der Waals surface area contributed by atoms with Gasteiger partial charge in [0.1, 0.15) is 11.6 Å². The Bertz CT molecular complexity index is 1430. The molecule has 2 fully saturated rings. The van der Waals surface area contributed by atoms with Crippen molar-refractivity contribution in [2.75, 3.05) is 25.1 Å². The van der Waals surface area contributed by atoms with Gasteiger partial charge >= 0.3 is 6.01 Å². The van der Waals surface area contributed by atoms with Crippen LogP contribution >= 0.6 is 0 Å². The van der Waals surface area contributed by atoms with Crippen LogP contribution in [-0.2, 0) is 0 Å². The topological polar surface area (TPSA) is 96.3 Å². The predicted octanol–water partition coefficient (Wildman–Crippen LogP) is 2.88. The Labute approximate surface area is 190 Å². The maximum absolute atomic E-state index is 10.3. The number of benzene rings is 2. The summed E-state index contributed by atoms with van der Waals surface area (Å²) in [5, 5.41) is 16.4. The number of fused-ring (bicyclic) bond motifs is 4. The number of hydrogen-bond acceptors (Lipinski definition) is 8. The molecule has 33 heavy (non-hydrogen) atoms. The first-order chi connectivity index (χ1) is 16.1. The zero-order chi connectivity index (χ0) is 22.5. The van der Waals surface area contributed by atoms with E-state index < -0.39 is 0 Å². The molecular weight excluding hydrogens is 416 g/mol. The lowest BCUT2D eigenvalue weighted by molar-refractivity contribution is 0.380. The van der Waals surface area contributed by atoms with Gasteiger partial charge in [0.15, 0.2) is 11.5 Å². The van der Waals surface area contributed by atoms with Gasteiger partial charge in [-0.1, -0.05) is 18.1 Å². The van der Waals surface area contributed by atoms with Crippen LogP contribution in [-0.4, -0.2) is 57.3 Å². The third-order valence-electron chi connectivity index (χ3n) is 6.47. The molecule has 0 spiro atoms. The third kappa shape index (κ3) is 3.29. The van der Waals surface area contributed by atoms with E-state index in [4.69, 9.17) is 16.1 Å². The Balaban J connectivity index is 1.54. The fourth-order valence-electron chi connectivity index (χ4n) is 5.02. The maximum Gasteiger partial charge on any atom is 0.320 e. The van der Waals surface area contributed by atoms with E-state index in [1.807, 2.05) is 18.2 Å². The molecule has 0 saturated carbocycles. The third-order valence-corrected chi connectivity index (χ3v) is 6.47. The highest BCUT2D eigenvalue weighted by Crippen LogP contribution is 2.35. The van der Waals surface area contributed by atoms with Crippen LogP contribution in [0.25, 0.3) is 33.2 Å². The monoisotopic (exact) mass is 438 g/mol. The quantitative estimate of drug-likeness (QED) is 0.472. The Morgan fingerprint density at radius 2 is 1.97 bits per heavy atom. The summed E-state index contributed by atoms with van der Waals surface area (Å²) in [5.74, 6) is 4.06. The highest BCUT2D eigenvalue weighted by molar-refractivity contribution is 6.01. The van der Waals surface area contributed by atoms with Crippen LogP contribution in [0.3, 0.4) is 0 Å². The number of nitrogens with zero attached hydrogens (tertiary/aromatic N) is 5. The molecule has 8 heteroatoms. The highest BCUT2D eigenvalue weighted by atomic mass is 16.5. The summed E-state index contributed by atoms with van der Waals surface area (Å²) >= 11 is 0. The van der Waals surface area contributed by atoms with E-state index in [9.17, 15) is 5.11 Å². The second kappa shape index (κ2) is 7.57. The minimum atomic E-state index is 0.118. The predicted molar refractivity (Wildman–Crippen MR) is 126 cm³/mol. The van der Waals surface area contributed by atoms with Gasteiger partial charge in [0.2, 0.25) is 0 Å². The van der Waals surface area contributed by atoms with Crippen LogP contribution in [0.1, 0.15) is 18.4 Å². The number of nitrogens with one attached hydrogen (secondary N) is 1. The molecule has 2 aromatic carbocycles. The van der Waals surface area contributed by atoms with E-state index in [-0.39, 0.29) is 11.8 Å². The van der Waals surface area contributed by atoms with Crippen molar-refractivity contribution in [3.8, 4) is 35.5 Å². The fraction of sp³-hybridized carbons (Fsp3) is 0.280. The number of anilines is 1. The molecule has 0 aliphatic carbocycles. The summed E-state index contributed by atoms with van der Waals surface area (Å²) in [6.07, 6.45) is 9.85. The molecule has 0 radical (unpaired) electrons. The smallest absolute Gasteiger partial charge is 0.320 e. The number of rotatable bonds is 3. The first-order valence-corrected chi connectivity index (χ1v) is 11.0. The van der Waals surface area contributed by atoms with Gasteiger partial charge in [0.25, 0.3) is 0 Å². The molecule has 164 valence electrons. The van der Waals surface area contributed by atoms with Crippen molar-refractivity contribution in [1.82, 2.24) is 25.3 Å². The molecule has 2 atom stereocenters. The van der Waals surface area contributed by atoms with Gasteiger partial charge in [-0.05, 0) is 36.4 Å². The van der Waals surface area contributed by atoms with Crippen LogP contribution in [0.2, 0.25) is 0 Å². The van der Waals surface area contributed by atoms with E-state index >= 15 is 0 Å². The molecule has 2 N–H and O–H groups in total. The summed E-state index contributed by atoms with van der Waals surface area (Å²) < 4.78 is 5.40. The van der Waals surface area contributed by atoms with Crippen molar-refractivity contribution < 1.29 is 9.84 Å². The van der Waals surface area contributed by atoms with Crippen molar-refractivity contribution in [1.29, 1.82) is 0 Å². The minimum Gasteiger partial charge on any atom is -0.508 e. The van der Waals surface area contributed by atoms with Gasteiger partial charge in [-0.25, -0.2) is 9.97 Å². The van der Waals surface area contributed by atoms with Gasteiger partial charge in [-0.2, -0.15) is 9.97 Å². The fourth-order valence-corrected chi connectivity index (χ4v) is 5.02. The van der Waals surface area contributed by atoms with Gasteiger partial charge in [0.05, 0.1) is 12.5 Å². The molecule has 6 rings (SSSR count). The van der Waals surface area contributed by atoms with Crippen LogP contribution in [0.5, 0.6) is 11.8 Å². The summed E-state index contributed by atoms with van der Waals surface area (Å²) in [4.78, 5) is 20.8. The lowest BCUT2D eigenvalue weighted by Gasteiger charge is -2.34. The summed E-state index contributed by atoms with van der Waals surface area (Å²) in [6, 6.07) is 10.1. The first-order valence-electron chi connectivity index (χ1n) is 11.0. The normalized spacial score (nSPS) is 19.7. The van der Waals surface area contributed by atoms with Crippen LogP contribution in [0, 0.1) is 12.3 Å². The SMILES string of the molecule is C#Cc1cccc2cc(O)cc(-c3ncc4c(N5CC6CC[C@@H](C5)N6)nc(OC)nc4n3)c12. The number of methoxy groups -OCH3 is 1. The molecule has 2 aromatic heterocycles. The standard InChI is InChI=1S/C25H22N6O2/c1-3-14-5-4-6-15-9-18(32)10-19(21(14)15)22-26-11-20-23(28-22)29-25(33-2)30-24(20)31-12-16-7-8-17(13-31)27-16/h1,4-6,9-11,16-17,27,32H,7-8,12-13H2,2H3/t16-,17?/m0/s1. The van der Waals surface area contributed by atoms with Gasteiger partial charge in [-0.3, -0.25) is 0 Å². The number of phenols is 1. The van der Waals surface area contributed by atoms with Crippen LogP contribution < -0.4 is 15.0 Å².